The summed E-state index contributed by atoms with van der Waals surface area (Å²) >= 11 is 0.983. The summed E-state index contributed by atoms with van der Waals surface area (Å²) in [6.07, 6.45) is 14.5. The third-order valence-corrected chi connectivity index (χ3v) is 11.9. The Bertz CT molecular complexity index is 2040. The maximum absolute atomic E-state index is 12.2. The van der Waals surface area contributed by atoms with Gasteiger partial charge < -0.3 is 13.7 Å². The van der Waals surface area contributed by atoms with Gasteiger partial charge in [0.25, 0.3) is 0 Å². The van der Waals surface area contributed by atoms with E-state index in [4.69, 9.17) is 91.9 Å². The fourth-order valence-electron chi connectivity index (χ4n) is 6.86. The van der Waals surface area contributed by atoms with Gasteiger partial charge in [0.05, 0.1) is 131 Å². The molecule has 86 heavy (non-hydrogen) atoms. The molecule has 25 nitrogen and oxygen atoms in total. The van der Waals surface area contributed by atoms with Gasteiger partial charge in [-0.05, 0) is 176 Å². The van der Waals surface area contributed by atoms with E-state index in [0.717, 1.165) is 119 Å². The Morgan fingerprint density at radius 3 is 0.709 bits per heavy atom. The lowest BCUT2D eigenvalue weighted by molar-refractivity contribution is -0.311. The largest absolute Gasteiger partial charge is 0.449 e. The fraction of sp³-hybridized carbons (Fsp3) is 0.650. The van der Waals surface area contributed by atoms with Crippen LogP contribution < -0.4 is 16.0 Å². The van der Waals surface area contributed by atoms with E-state index in [0.29, 0.717) is 161 Å². The third-order valence-electron chi connectivity index (χ3n) is 11.6. The van der Waals surface area contributed by atoms with Crippen LogP contribution in [0.2, 0.25) is 0 Å². The first-order chi connectivity index (χ1) is 42.4. The zero-order valence-electron chi connectivity index (χ0n) is 50.5. The number of aryl methyl sites for hydroxylation is 1. The Kier molecular flexibility index (Phi) is 49.7. The average Bonchev–Trinajstić information content (AvgIpc) is 3.65. The Balaban J connectivity index is 0.885. The summed E-state index contributed by atoms with van der Waals surface area (Å²) in [6, 6.07) is 22.6. The molecule has 0 saturated carbocycles. The molecular weight excluding hydrogens is 1150 g/mol. The molecule has 0 aliphatic rings. The normalized spacial score (nSPS) is 11.2. The molecule has 3 aromatic carbocycles. The first-order valence-electron chi connectivity index (χ1n) is 30.0. The summed E-state index contributed by atoms with van der Waals surface area (Å²) in [5, 5.41) is 8.08. The van der Waals surface area contributed by atoms with E-state index in [9.17, 15) is 14.4 Å². The second-order valence-electron chi connectivity index (χ2n) is 19.1. The standard InChI is InChI=1S/C60H95N3O22S/c1-52-21-27-55(28-22-52)61-58(64)67-33-3-5-35-69-71-37-7-9-39-73-75-41-11-13-43-77-79-45-15-17-47-81-83-49-19-20-50-84-82-48-18-16-46-80-78-44-14-12-42-76-74-40-10-8-38-72-70-36-6-4-34-68-59(65)62-56-29-23-53(24-30-56)51-54-25-31-57(32-26-54)63-60(66)85-86-2/h21-32H,3-20,33-51H2,1-2H3,(H,61,64)(H,62,65)(H,63,66). The molecule has 0 atom stereocenters. The second-order valence-corrected chi connectivity index (χ2v) is 19.6. The monoisotopic (exact) mass is 1240 g/mol. The zero-order valence-corrected chi connectivity index (χ0v) is 51.3. The Morgan fingerprint density at radius 1 is 0.291 bits per heavy atom. The van der Waals surface area contributed by atoms with Gasteiger partial charge >= 0.3 is 18.3 Å². The van der Waals surface area contributed by atoms with Gasteiger partial charge in [0.1, 0.15) is 0 Å². The summed E-state index contributed by atoms with van der Waals surface area (Å²) in [5.41, 5.74) is 5.26. The number of unbranched alkanes of at least 4 members (excludes halogenated alkanes) is 9. The minimum atomic E-state index is -0.519. The van der Waals surface area contributed by atoms with Gasteiger partial charge in [-0.1, -0.05) is 42.0 Å². The Labute approximate surface area is 511 Å². The molecule has 0 radical (unpaired) electrons. The number of benzene rings is 3. The van der Waals surface area contributed by atoms with Crippen molar-refractivity contribution in [1.29, 1.82) is 0 Å². The highest BCUT2D eigenvalue weighted by Crippen LogP contribution is 2.17. The van der Waals surface area contributed by atoms with Gasteiger partial charge in [-0.25, -0.2) is 92.6 Å². The van der Waals surface area contributed by atoms with Gasteiger partial charge in [0, 0.05) is 23.3 Å². The molecule has 0 fully saturated rings. The summed E-state index contributed by atoms with van der Waals surface area (Å²) in [6.45, 7) is 9.90. The first kappa shape index (κ1) is 75.4. The number of nitrogens with one attached hydrogen (secondary N) is 3. The molecule has 3 rings (SSSR count). The van der Waals surface area contributed by atoms with Crippen molar-refractivity contribution in [1.82, 2.24) is 0 Å². The van der Waals surface area contributed by atoms with Crippen molar-refractivity contribution >= 4 is 47.4 Å². The van der Waals surface area contributed by atoms with Crippen LogP contribution in [-0.4, -0.2) is 143 Å². The SMILES string of the molecule is CSOC(=O)Nc1ccc(Cc2ccc(NC(=O)OCCCCOOCCCCOOCCCCOOCCCCOOCCCCOOCCCCOOCCCCOOCCCCOOCCCCOC(=O)Nc3ccc(C)cc3)cc2)cc1. The molecule has 26 heteroatoms. The van der Waals surface area contributed by atoms with Crippen molar-refractivity contribution in [3.63, 3.8) is 0 Å². The van der Waals surface area contributed by atoms with Gasteiger partial charge in [-0.2, -0.15) is 0 Å². The Hall–Kier alpha value is -4.82. The number of amides is 3. The van der Waals surface area contributed by atoms with Crippen molar-refractivity contribution < 1.29 is 106 Å². The van der Waals surface area contributed by atoms with Crippen molar-refractivity contribution in [2.24, 2.45) is 0 Å². The van der Waals surface area contributed by atoms with Crippen LogP contribution in [0.1, 0.15) is 132 Å². The number of anilines is 3. The second kappa shape index (κ2) is 56.7. The maximum Gasteiger partial charge on any atom is 0.423 e. The van der Waals surface area contributed by atoms with E-state index < -0.39 is 18.3 Å². The average molecular weight is 1240 g/mol. The molecule has 0 aliphatic carbocycles. The highest BCUT2D eigenvalue weighted by molar-refractivity contribution is 7.94. The predicted molar refractivity (Wildman–Crippen MR) is 319 cm³/mol. The van der Waals surface area contributed by atoms with Crippen molar-refractivity contribution in [3.8, 4) is 0 Å². The molecule has 3 N–H and O–H groups in total. The molecule has 0 aromatic heterocycles. The molecule has 488 valence electrons. The number of carbonyl (C=O) groups excluding carboxylic acids is 3. The molecule has 0 unspecified atom stereocenters. The fourth-order valence-corrected chi connectivity index (χ4v) is 7.05. The van der Waals surface area contributed by atoms with E-state index in [1.165, 1.54) is 0 Å². The van der Waals surface area contributed by atoms with Crippen LogP contribution in [-0.2, 0) is 98.3 Å². The number of rotatable bonds is 59. The molecule has 3 aromatic rings. The van der Waals surface area contributed by atoms with E-state index in [2.05, 4.69) is 16.0 Å². The van der Waals surface area contributed by atoms with Crippen LogP contribution in [0, 0.1) is 6.92 Å². The molecule has 0 aliphatic heterocycles. The number of carbonyl (C=O) groups is 3. The topological polar surface area (TPSA) is 263 Å². The van der Waals surface area contributed by atoms with Crippen LogP contribution in [0.4, 0.5) is 31.4 Å². The highest BCUT2D eigenvalue weighted by Gasteiger charge is 2.08. The van der Waals surface area contributed by atoms with Gasteiger partial charge in [-0.15, -0.1) is 0 Å². The number of ether oxygens (including phenoxy) is 2. The molecule has 0 bridgehead atoms. The predicted octanol–water partition coefficient (Wildman–Crippen LogP) is 12.8. The third kappa shape index (κ3) is 47.3. The minimum Gasteiger partial charge on any atom is -0.449 e. The van der Waals surface area contributed by atoms with Gasteiger partial charge in [0.2, 0.25) is 0 Å². The molecule has 3 amide bonds. The maximum atomic E-state index is 12.2. The van der Waals surface area contributed by atoms with Crippen LogP contribution in [0.3, 0.4) is 0 Å². The molecule has 0 heterocycles. The summed E-state index contributed by atoms with van der Waals surface area (Å²) in [5.74, 6) is 0. The molecule has 0 saturated heterocycles. The zero-order chi connectivity index (χ0) is 61.1. The van der Waals surface area contributed by atoms with Crippen LogP contribution >= 0.6 is 12.0 Å². The van der Waals surface area contributed by atoms with Crippen molar-refractivity contribution in [2.45, 2.75) is 129 Å². The quantitative estimate of drug-likeness (QED) is 0.0205. The van der Waals surface area contributed by atoms with Crippen molar-refractivity contribution in [2.75, 3.05) is 141 Å². The minimum absolute atomic E-state index is 0.260. The molecule has 0 spiro atoms. The van der Waals surface area contributed by atoms with Gasteiger partial charge in [0.15, 0.2) is 0 Å². The lowest BCUT2D eigenvalue weighted by Gasteiger charge is -2.09. The van der Waals surface area contributed by atoms with Crippen LogP contribution in [0.5, 0.6) is 0 Å². The van der Waals surface area contributed by atoms with E-state index >= 15 is 0 Å². The highest BCUT2D eigenvalue weighted by atomic mass is 32.2. The van der Waals surface area contributed by atoms with Gasteiger partial charge in [-0.3, -0.25) is 16.0 Å². The smallest absolute Gasteiger partial charge is 0.423 e. The van der Waals surface area contributed by atoms with E-state index in [1.807, 2.05) is 79.7 Å². The first-order valence-corrected chi connectivity index (χ1v) is 31.2. The summed E-state index contributed by atoms with van der Waals surface area (Å²) in [4.78, 5) is 119. The lowest BCUT2D eigenvalue weighted by atomic mass is 10.0. The Morgan fingerprint density at radius 2 is 0.488 bits per heavy atom. The molecular formula is C60H95N3O22S. The lowest BCUT2D eigenvalue weighted by Crippen LogP contribution is -2.14. The van der Waals surface area contributed by atoms with E-state index in [-0.39, 0.29) is 6.61 Å². The number of hydrogen-bond donors (Lipinski definition) is 3. The summed E-state index contributed by atoms with van der Waals surface area (Å²) in [7, 11) is 0. The van der Waals surface area contributed by atoms with Crippen LogP contribution in [0.25, 0.3) is 0 Å². The number of hydrogen-bond acceptors (Lipinski definition) is 23. The van der Waals surface area contributed by atoms with Crippen LogP contribution in [0.15, 0.2) is 72.8 Å². The summed E-state index contributed by atoms with van der Waals surface area (Å²) < 4.78 is 15.3. The van der Waals surface area contributed by atoms with Crippen molar-refractivity contribution in [3.05, 3.63) is 89.5 Å². The van der Waals surface area contributed by atoms with E-state index in [1.54, 1.807) is 6.26 Å².